The molecule has 0 saturated carbocycles. The number of nitrogens with zero attached hydrogens (tertiary/aromatic N) is 2. The van der Waals surface area contributed by atoms with Gasteiger partial charge in [-0.25, -0.2) is 15.6 Å². The van der Waals surface area contributed by atoms with Crippen LogP contribution in [0.2, 0.25) is 0 Å². The second-order valence-electron chi connectivity index (χ2n) is 4.21. The first-order valence-corrected chi connectivity index (χ1v) is 6.17. The monoisotopic (exact) mass is 264 g/mol. The topological polar surface area (TPSA) is 65.8 Å². The summed E-state index contributed by atoms with van der Waals surface area (Å²) in [5, 5.41) is 8.31. The predicted molar refractivity (Wildman–Crippen MR) is 77.6 cm³/mol. The molecule has 2 aromatic rings. The summed E-state index contributed by atoms with van der Waals surface area (Å²) in [7, 11) is 0. The van der Waals surface area contributed by atoms with Crippen LogP contribution in [0.5, 0.6) is 0 Å². The summed E-state index contributed by atoms with van der Waals surface area (Å²) in [5.41, 5.74) is 7.85. The number of hydrogen-bond acceptors (Lipinski definition) is 3. The van der Waals surface area contributed by atoms with Crippen molar-refractivity contribution >= 4 is 17.5 Å². The molecule has 0 radical (unpaired) electrons. The van der Waals surface area contributed by atoms with E-state index in [0.717, 1.165) is 11.1 Å². The number of urea groups is 1. The molecule has 2 N–H and O–H groups in total. The molecule has 0 aliphatic carbocycles. The van der Waals surface area contributed by atoms with Gasteiger partial charge in [0.2, 0.25) is 0 Å². The molecule has 0 aromatic heterocycles. The van der Waals surface area contributed by atoms with Gasteiger partial charge in [-0.2, -0.15) is 10.2 Å². The van der Waals surface area contributed by atoms with Gasteiger partial charge in [0.1, 0.15) is 11.4 Å². The maximum atomic E-state index is 11.4. The van der Waals surface area contributed by atoms with Gasteiger partial charge in [0.05, 0.1) is 0 Å². The Balaban J connectivity index is 2.11. The lowest BCUT2D eigenvalue weighted by Gasteiger charge is -2.07. The molecule has 0 atom stereocenters. The lowest BCUT2D eigenvalue weighted by Crippen LogP contribution is -2.26. The van der Waals surface area contributed by atoms with Gasteiger partial charge in [-0.15, -0.1) is 0 Å². The minimum atomic E-state index is -0.454. The molecule has 2 aromatic carbocycles. The highest BCUT2D eigenvalue weighted by Crippen LogP contribution is 2.10. The van der Waals surface area contributed by atoms with E-state index in [4.69, 9.17) is 0 Å². The van der Waals surface area contributed by atoms with Crippen molar-refractivity contribution in [3.05, 3.63) is 71.8 Å². The quantitative estimate of drug-likeness (QED) is 0.857. The number of benzene rings is 2. The van der Waals surface area contributed by atoms with Crippen LogP contribution in [0, 0.1) is 0 Å². The van der Waals surface area contributed by atoms with E-state index in [1.807, 2.05) is 60.7 Å². The average Bonchev–Trinajstić information content (AvgIpc) is 2.71. The smallest absolute Gasteiger partial charge is 0.245 e. The normalized spacial score (nSPS) is 14.5. The number of hydrogen-bond donors (Lipinski definition) is 2. The van der Waals surface area contributed by atoms with Gasteiger partial charge in [0, 0.05) is 11.1 Å². The largest absolute Gasteiger partial charge is 0.355 e. The summed E-state index contributed by atoms with van der Waals surface area (Å²) in [4.78, 5) is 11.4. The molecule has 2 amide bonds. The second-order valence-corrected chi connectivity index (χ2v) is 4.21. The Kier molecular flexibility index (Phi) is 3.24. The van der Waals surface area contributed by atoms with Crippen molar-refractivity contribution in [3.63, 3.8) is 0 Å². The zero-order valence-corrected chi connectivity index (χ0v) is 10.6. The highest BCUT2D eigenvalue weighted by atomic mass is 16.2. The summed E-state index contributed by atoms with van der Waals surface area (Å²) in [6.45, 7) is 0. The van der Waals surface area contributed by atoms with Crippen LogP contribution in [0.3, 0.4) is 0 Å². The molecule has 5 nitrogen and oxygen atoms in total. The fourth-order valence-electron chi connectivity index (χ4n) is 1.94. The maximum Gasteiger partial charge on any atom is 0.355 e. The molecule has 0 fully saturated rings. The van der Waals surface area contributed by atoms with Crippen LogP contribution in [0.1, 0.15) is 11.1 Å². The van der Waals surface area contributed by atoms with E-state index in [0.29, 0.717) is 11.4 Å². The third kappa shape index (κ3) is 2.42. The number of carbonyl (C=O) groups excluding carboxylic acids is 1. The first kappa shape index (κ1) is 12.1. The third-order valence-electron chi connectivity index (χ3n) is 2.86. The van der Waals surface area contributed by atoms with Crippen LogP contribution in [0.25, 0.3) is 0 Å². The van der Waals surface area contributed by atoms with E-state index in [9.17, 15) is 4.79 Å². The Morgan fingerprint density at radius 3 is 1.45 bits per heavy atom. The number of amides is 2. The fourth-order valence-corrected chi connectivity index (χ4v) is 1.94. The Morgan fingerprint density at radius 1 is 0.650 bits per heavy atom. The molecular formula is C15H12N4O. The maximum absolute atomic E-state index is 11.4. The molecule has 1 heterocycles. The fraction of sp³-hybridized carbons (Fsp3) is 0. The van der Waals surface area contributed by atoms with E-state index in [2.05, 4.69) is 21.1 Å². The highest BCUT2D eigenvalue weighted by molar-refractivity contribution is 6.53. The van der Waals surface area contributed by atoms with Gasteiger partial charge in [-0.05, 0) is 0 Å². The van der Waals surface area contributed by atoms with Gasteiger partial charge < -0.3 is 0 Å². The zero-order valence-electron chi connectivity index (χ0n) is 10.6. The van der Waals surface area contributed by atoms with Crippen LogP contribution in [0.4, 0.5) is 4.79 Å². The SMILES string of the molecule is O=C1NN=C(c2ccccc2)C(c2ccccc2)=NN1. The Hall–Kier alpha value is -2.95. The van der Waals surface area contributed by atoms with E-state index in [1.165, 1.54) is 0 Å². The molecule has 1 aliphatic heterocycles. The van der Waals surface area contributed by atoms with Gasteiger partial charge in [-0.3, -0.25) is 0 Å². The molecule has 20 heavy (non-hydrogen) atoms. The van der Waals surface area contributed by atoms with Crippen molar-refractivity contribution in [1.29, 1.82) is 0 Å². The summed E-state index contributed by atoms with van der Waals surface area (Å²) >= 11 is 0. The van der Waals surface area contributed by atoms with Crippen molar-refractivity contribution in [2.45, 2.75) is 0 Å². The van der Waals surface area contributed by atoms with Crippen molar-refractivity contribution in [2.24, 2.45) is 10.2 Å². The van der Waals surface area contributed by atoms with Crippen LogP contribution in [-0.4, -0.2) is 17.5 Å². The van der Waals surface area contributed by atoms with Crippen molar-refractivity contribution < 1.29 is 4.79 Å². The molecule has 0 saturated heterocycles. The minimum Gasteiger partial charge on any atom is -0.245 e. The van der Waals surface area contributed by atoms with Gasteiger partial charge >= 0.3 is 6.03 Å². The van der Waals surface area contributed by atoms with Crippen LogP contribution in [-0.2, 0) is 0 Å². The number of nitrogens with one attached hydrogen (secondary N) is 2. The molecule has 5 heteroatoms. The Morgan fingerprint density at radius 2 is 1.05 bits per heavy atom. The zero-order chi connectivity index (χ0) is 13.8. The van der Waals surface area contributed by atoms with Gasteiger partial charge in [-0.1, -0.05) is 60.7 Å². The van der Waals surface area contributed by atoms with Crippen LogP contribution in [0.15, 0.2) is 70.9 Å². The van der Waals surface area contributed by atoms with E-state index in [1.54, 1.807) is 0 Å². The highest BCUT2D eigenvalue weighted by Gasteiger charge is 2.18. The summed E-state index contributed by atoms with van der Waals surface area (Å²) < 4.78 is 0. The lowest BCUT2D eigenvalue weighted by atomic mass is 10.00. The first-order chi connectivity index (χ1) is 9.84. The van der Waals surface area contributed by atoms with Gasteiger partial charge in [0.25, 0.3) is 0 Å². The molecule has 0 bridgehead atoms. The minimum absolute atomic E-state index is 0.454. The molecule has 3 rings (SSSR count). The second kappa shape index (κ2) is 5.36. The van der Waals surface area contributed by atoms with Crippen molar-refractivity contribution in [1.82, 2.24) is 10.9 Å². The van der Waals surface area contributed by atoms with Crippen LogP contribution < -0.4 is 10.9 Å². The van der Waals surface area contributed by atoms with E-state index in [-0.39, 0.29) is 0 Å². The molecule has 98 valence electrons. The summed E-state index contributed by atoms with van der Waals surface area (Å²) in [6, 6.07) is 18.8. The van der Waals surface area contributed by atoms with E-state index >= 15 is 0 Å². The molecular weight excluding hydrogens is 252 g/mol. The number of rotatable bonds is 2. The van der Waals surface area contributed by atoms with Crippen LogP contribution >= 0.6 is 0 Å². The lowest BCUT2D eigenvalue weighted by molar-refractivity contribution is 0.242. The first-order valence-electron chi connectivity index (χ1n) is 6.17. The molecule has 0 unspecified atom stereocenters. The average molecular weight is 264 g/mol. The standard InChI is InChI=1S/C15H12N4O/c20-15-18-16-13(11-7-3-1-4-8-11)14(17-19-15)12-9-5-2-6-10-12/h1-10H,(H2,18,19,20). The Bertz CT molecular complexity index is 618. The molecule has 1 aliphatic rings. The van der Waals surface area contributed by atoms with Crippen molar-refractivity contribution in [3.8, 4) is 0 Å². The Labute approximate surface area is 116 Å². The number of hydrazone groups is 2. The van der Waals surface area contributed by atoms with E-state index < -0.39 is 6.03 Å². The predicted octanol–water partition coefficient (Wildman–Crippen LogP) is 2.11. The third-order valence-corrected chi connectivity index (χ3v) is 2.86. The summed E-state index contributed by atoms with van der Waals surface area (Å²) in [5.74, 6) is 0. The van der Waals surface area contributed by atoms with Crippen molar-refractivity contribution in [2.75, 3.05) is 0 Å². The number of carbonyl (C=O) groups is 1. The summed E-state index contributed by atoms with van der Waals surface area (Å²) in [6.07, 6.45) is 0. The van der Waals surface area contributed by atoms with Gasteiger partial charge in [0.15, 0.2) is 0 Å². The molecule has 0 spiro atoms.